The maximum absolute atomic E-state index is 13.2. The molecular weight excluding hydrogens is 329 g/mol. The molecule has 0 aliphatic heterocycles. The van der Waals surface area contributed by atoms with Crippen molar-refractivity contribution >= 4 is 15.7 Å². The Labute approximate surface area is 140 Å². The average molecular weight is 347 g/mol. The molecule has 1 saturated carbocycles. The van der Waals surface area contributed by atoms with Crippen LogP contribution in [-0.4, -0.2) is 20.1 Å². The summed E-state index contributed by atoms with van der Waals surface area (Å²) >= 11 is 0. The molecule has 1 N–H and O–H groups in total. The third kappa shape index (κ3) is 3.33. The molecule has 1 fully saturated rings. The maximum atomic E-state index is 13.2. The molecular formula is C18H18FNO3S. The summed E-state index contributed by atoms with van der Waals surface area (Å²) < 4.78 is 37.8. The number of carbonyl (C=O) groups excluding carboxylic acids is 1. The van der Waals surface area contributed by atoms with Crippen molar-refractivity contribution in [3.8, 4) is 0 Å². The zero-order chi connectivity index (χ0) is 17.2. The second kappa shape index (κ2) is 6.36. The fraction of sp³-hybridized carbons (Fsp3) is 0.278. The molecule has 2 aromatic carbocycles. The molecule has 1 aliphatic rings. The first kappa shape index (κ1) is 16.6. The van der Waals surface area contributed by atoms with Gasteiger partial charge < -0.3 is 5.32 Å². The van der Waals surface area contributed by atoms with E-state index in [-0.39, 0.29) is 4.90 Å². The summed E-state index contributed by atoms with van der Waals surface area (Å²) in [7, 11) is -3.87. The van der Waals surface area contributed by atoms with Crippen LogP contribution in [-0.2, 0) is 20.2 Å². The lowest BCUT2D eigenvalue weighted by Crippen LogP contribution is -2.52. The standard InChI is InChI=1S/C18H18FNO3S/c19-15-8-4-9-16(12-15)24(22,23)13-17(21)20-18(10-5-11-18)14-6-2-1-3-7-14/h1-4,6-9,12H,5,10-11,13H2,(H,20,21). The van der Waals surface area contributed by atoms with Gasteiger partial charge in [0.15, 0.2) is 9.84 Å². The molecule has 1 amide bonds. The summed E-state index contributed by atoms with van der Waals surface area (Å²) in [5, 5.41) is 2.87. The molecule has 126 valence electrons. The fourth-order valence-electron chi connectivity index (χ4n) is 2.99. The molecule has 0 unspecified atom stereocenters. The van der Waals surface area contributed by atoms with E-state index < -0.39 is 32.9 Å². The van der Waals surface area contributed by atoms with E-state index >= 15 is 0 Å². The number of amides is 1. The van der Waals surface area contributed by atoms with Gasteiger partial charge in [-0.1, -0.05) is 36.4 Å². The van der Waals surface area contributed by atoms with Crippen molar-refractivity contribution in [2.75, 3.05) is 5.75 Å². The van der Waals surface area contributed by atoms with Crippen molar-refractivity contribution in [1.29, 1.82) is 0 Å². The van der Waals surface area contributed by atoms with Crippen LogP contribution in [0.2, 0.25) is 0 Å². The molecule has 0 aromatic heterocycles. The van der Waals surface area contributed by atoms with Crippen molar-refractivity contribution in [2.24, 2.45) is 0 Å². The molecule has 0 bridgehead atoms. The summed E-state index contributed by atoms with van der Waals surface area (Å²) in [5.41, 5.74) is 0.489. The highest BCUT2D eigenvalue weighted by molar-refractivity contribution is 7.92. The smallest absolute Gasteiger partial charge is 0.236 e. The third-order valence-corrected chi connectivity index (χ3v) is 6.00. The van der Waals surface area contributed by atoms with Crippen LogP contribution in [0.4, 0.5) is 4.39 Å². The summed E-state index contributed by atoms with van der Waals surface area (Å²) in [6.07, 6.45) is 2.54. The first-order chi connectivity index (χ1) is 11.4. The number of halogens is 1. The Morgan fingerprint density at radius 3 is 2.38 bits per heavy atom. The second-order valence-corrected chi connectivity index (χ2v) is 8.06. The minimum absolute atomic E-state index is 0.181. The molecule has 6 heteroatoms. The minimum Gasteiger partial charge on any atom is -0.346 e. The van der Waals surface area contributed by atoms with Gasteiger partial charge in [-0.15, -0.1) is 0 Å². The monoisotopic (exact) mass is 347 g/mol. The molecule has 0 heterocycles. The van der Waals surface area contributed by atoms with E-state index in [1.54, 1.807) is 0 Å². The lowest BCUT2D eigenvalue weighted by atomic mass is 9.72. The Morgan fingerprint density at radius 2 is 1.79 bits per heavy atom. The molecule has 4 nitrogen and oxygen atoms in total. The molecule has 3 rings (SSSR count). The van der Waals surface area contributed by atoms with Gasteiger partial charge in [0.05, 0.1) is 10.4 Å². The summed E-state index contributed by atoms with van der Waals surface area (Å²) in [6, 6.07) is 14.2. The zero-order valence-corrected chi connectivity index (χ0v) is 13.9. The Kier molecular flexibility index (Phi) is 4.41. The Balaban J connectivity index is 1.76. The molecule has 24 heavy (non-hydrogen) atoms. The van der Waals surface area contributed by atoms with Crippen LogP contribution in [0.3, 0.4) is 0 Å². The highest BCUT2D eigenvalue weighted by Gasteiger charge is 2.40. The normalized spacial score (nSPS) is 16.2. The van der Waals surface area contributed by atoms with Crippen molar-refractivity contribution in [3.63, 3.8) is 0 Å². The summed E-state index contributed by atoms with van der Waals surface area (Å²) in [4.78, 5) is 12.1. The largest absolute Gasteiger partial charge is 0.346 e. The zero-order valence-electron chi connectivity index (χ0n) is 13.0. The van der Waals surface area contributed by atoms with Crippen LogP contribution in [0.1, 0.15) is 24.8 Å². The quantitative estimate of drug-likeness (QED) is 0.905. The summed E-state index contributed by atoms with van der Waals surface area (Å²) in [6.45, 7) is 0. The van der Waals surface area contributed by atoms with Gasteiger partial charge >= 0.3 is 0 Å². The van der Waals surface area contributed by atoms with Gasteiger partial charge in [0.2, 0.25) is 5.91 Å². The average Bonchev–Trinajstić information content (AvgIpc) is 2.51. The van der Waals surface area contributed by atoms with Gasteiger partial charge in [-0.05, 0) is 43.0 Å². The van der Waals surface area contributed by atoms with Gasteiger partial charge in [-0.25, -0.2) is 12.8 Å². The van der Waals surface area contributed by atoms with Gasteiger partial charge in [0.1, 0.15) is 11.6 Å². The summed E-state index contributed by atoms with van der Waals surface area (Å²) in [5.74, 6) is -1.90. The number of sulfone groups is 1. The van der Waals surface area contributed by atoms with Crippen LogP contribution in [0, 0.1) is 5.82 Å². The van der Waals surface area contributed by atoms with Crippen LogP contribution in [0.15, 0.2) is 59.5 Å². The van der Waals surface area contributed by atoms with Crippen LogP contribution >= 0.6 is 0 Å². The molecule has 1 aliphatic carbocycles. The highest BCUT2D eigenvalue weighted by Crippen LogP contribution is 2.41. The van der Waals surface area contributed by atoms with Gasteiger partial charge in [-0.2, -0.15) is 0 Å². The Morgan fingerprint density at radius 1 is 1.08 bits per heavy atom. The Hall–Kier alpha value is -2.21. The SMILES string of the molecule is O=C(CS(=O)(=O)c1cccc(F)c1)NC1(c2ccccc2)CCC1. The number of hydrogen-bond acceptors (Lipinski definition) is 3. The van der Waals surface area contributed by atoms with Crippen molar-refractivity contribution in [2.45, 2.75) is 29.7 Å². The van der Waals surface area contributed by atoms with Crippen molar-refractivity contribution in [1.82, 2.24) is 5.32 Å². The van der Waals surface area contributed by atoms with Crippen LogP contribution in [0.25, 0.3) is 0 Å². The fourth-order valence-corrected chi connectivity index (χ4v) is 4.15. The first-order valence-corrected chi connectivity index (χ1v) is 9.41. The van der Waals surface area contributed by atoms with Crippen LogP contribution in [0.5, 0.6) is 0 Å². The van der Waals surface area contributed by atoms with E-state index in [2.05, 4.69) is 5.32 Å². The molecule has 2 aromatic rings. The van der Waals surface area contributed by atoms with E-state index in [9.17, 15) is 17.6 Å². The lowest BCUT2D eigenvalue weighted by molar-refractivity contribution is -0.121. The number of rotatable bonds is 5. The van der Waals surface area contributed by atoms with E-state index in [1.807, 2.05) is 30.3 Å². The van der Waals surface area contributed by atoms with E-state index in [4.69, 9.17) is 0 Å². The molecule has 0 saturated heterocycles. The first-order valence-electron chi connectivity index (χ1n) is 7.76. The lowest BCUT2D eigenvalue weighted by Gasteiger charge is -2.43. The third-order valence-electron chi connectivity index (χ3n) is 4.39. The van der Waals surface area contributed by atoms with Crippen molar-refractivity contribution < 1.29 is 17.6 Å². The molecule has 0 radical (unpaired) electrons. The highest BCUT2D eigenvalue weighted by atomic mass is 32.2. The Bertz CT molecular complexity index is 846. The van der Waals surface area contributed by atoms with Gasteiger partial charge in [0, 0.05) is 0 Å². The number of carbonyl (C=O) groups is 1. The molecule has 0 atom stereocenters. The number of benzene rings is 2. The second-order valence-electron chi connectivity index (χ2n) is 6.07. The number of nitrogens with one attached hydrogen (secondary N) is 1. The van der Waals surface area contributed by atoms with E-state index in [0.717, 1.165) is 37.0 Å². The van der Waals surface area contributed by atoms with Crippen LogP contribution < -0.4 is 5.32 Å². The van der Waals surface area contributed by atoms with Crippen molar-refractivity contribution in [3.05, 3.63) is 66.0 Å². The van der Waals surface area contributed by atoms with E-state index in [0.29, 0.717) is 0 Å². The minimum atomic E-state index is -3.87. The van der Waals surface area contributed by atoms with E-state index in [1.165, 1.54) is 12.1 Å². The van der Waals surface area contributed by atoms with Gasteiger partial charge in [0.25, 0.3) is 0 Å². The maximum Gasteiger partial charge on any atom is 0.236 e. The topological polar surface area (TPSA) is 63.2 Å². The number of hydrogen-bond donors (Lipinski definition) is 1. The predicted octanol–water partition coefficient (Wildman–Crippen LogP) is 2.80. The molecule has 0 spiro atoms. The van der Waals surface area contributed by atoms with Gasteiger partial charge in [-0.3, -0.25) is 4.79 Å². The predicted molar refractivity (Wildman–Crippen MR) is 88.6 cm³/mol.